The van der Waals surface area contributed by atoms with Crippen LogP contribution in [0.5, 0.6) is 0 Å². The van der Waals surface area contributed by atoms with Gasteiger partial charge < -0.3 is 10.4 Å². The highest BCUT2D eigenvalue weighted by atomic mass is 79.9. The zero-order chi connectivity index (χ0) is 27.8. The minimum Gasteiger partial charge on any atom is -0.481 e. The lowest BCUT2D eigenvalue weighted by Gasteiger charge is -2.27. The Bertz CT molecular complexity index is 1460. The van der Waals surface area contributed by atoms with Gasteiger partial charge in [-0.05, 0) is 73.1 Å². The number of carboxylic acid groups (broad SMARTS) is 1. The molecule has 38 heavy (non-hydrogen) atoms. The van der Waals surface area contributed by atoms with E-state index in [2.05, 4.69) is 21.2 Å². The van der Waals surface area contributed by atoms with Gasteiger partial charge in [-0.25, -0.2) is 13.1 Å². The van der Waals surface area contributed by atoms with E-state index in [4.69, 9.17) is 5.10 Å². The van der Waals surface area contributed by atoms with Gasteiger partial charge in [0.15, 0.2) is 0 Å². The van der Waals surface area contributed by atoms with E-state index >= 15 is 0 Å². The van der Waals surface area contributed by atoms with Crippen LogP contribution in [0.1, 0.15) is 61.5 Å². The number of benzene rings is 2. The molecule has 4 rings (SSSR count). The van der Waals surface area contributed by atoms with Gasteiger partial charge in [0.05, 0.1) is 29.1 Å². The number of amides is 1. The summed E-state index contributed by atoms with van der Waals surface area (Å²) in [5.41, 5.74) is 2.87. The van der Waals surface area contributed by atoms with Crippen molar-refractivity contribution in [3.63, 3.8) is 0 Å². The van der Waals surface area contributed by atoms with Crippen molar-refractivity contribution in [1.82, 2.24) is 15.1 Å². The number of halogens is 1. The van der Waals surface area contributed by atoms with Crippen molar-refractivity contribution in [2.24, 2.45) is 11.8 Å². The van der Waals surface area contributed by atoms with Crippen molar-refractivity contribution in [3.05, 3.63) is 52.1 Å². The fourth-order valence-electron chi connectivity index (χ4n) is 4.84. The van der Waals surface area contributed by atoms with Gasteiger partial charge in [0, 0.05) is 23.5 Å². The van der Waals surface area contributed by atoms with Gasteiger partial charge in [-0.2, -0.15) is 5.10 Å². The third-order valence-corrected chi connectivity index (χ3v) is 9.02. The zero-order valence-electron chi connectivity index (χ0n) is 21.9. The monoisotopic (exact) mass is 604 g/mol. The number of nitrogens with one attached hydrogen (secondary N) is 1. The Morgan fingerprint density at radius 3 is 2.42 bits per heavy atom. The number of aromatic nitrogens is 2. The number of carboxylic acids is 1. The highest BCUT2D eigenvalue weighted by Crippen LogP contribution is 2.47. The molecule has 1 amide bonds. The summed E-state index contributed by atoms with van der Waals surface area (Å²) in [6.07, 6.45) is 3.85. The van der Waals surface area contributed by atoms with Crippen molar-refractivity contribution in [3.8, 4) is 5.69 Å². The standard InChI is InChI=1S/C27H33BrN4O5S/c1-5-16(2)20(27(34)35)12-13-31(38(4,36)37)24-15-23-22(14-21(24)17-6-7-17)25(26(33)29-3)32(30-23)19-10-8-18(28)9-11-19/h8-11,14-17,20H,5-7,12-13H2,1-4H3,(H,29,33)(H,34,35). The first-order chi connectivity index (χ1) is 18.0. The topological polar surface area (TPSA) is 122 Å². The van der Waals surface area contributed by atoms with Gasteiger partial charge in [0.1, 0.15) is 5.69 Å². The van der Waals surface area contributed by atoms with E-state index in [9.17, 15) is 23.1 Å². The van der Waals surface area contributed by atoms with Crippen LogP contribution in [0.4, 0.5) is 5.69 Å². The van der Waals surface area contributed by atoms with E-state index in [0.717, 1.165) is 29.1 Å². The summed E-state index contributed by atoms with van der Waals surface area (Å²) in [6, 6.07) is 11.0. The molecule has 1 aliphatic carbocycles. The van der Waals surface area contributed by atoms with Crippen LogP contribution in [-0.2, 0) is 14.8 Å². The van der Waals surface area contributed by atoms with E-state index in [1.807, 2.05) is 44.2 Å². The Kier molecular flexibility index (Phi) is 8.17. The normalized spacial score (nSPS) is 15.3. The van der Waals surface area contributed by atoms with Crippen LogP contribution in [-0.4, -0.2) is 55.0 Å². The summed E-state index contributed by atoms with van der Waals surface area (Å²) in [5.74, 6) is -1.81. The van der Waals surface area contributed by atoms with Gasteiger partial charge in [-0.1, -0.05) is 36.2 Å². The lowest BCUT2D eigenvalue weighted by atomic mass is 9.89. The molecular formula is C27H33BrN4O5S. The van der Waals surface area contributed by atoms with E-state index in [1.165, 1.54) is 4.31 Å². The Balaban J connectivity index is 1.88. The van der Waals surface area contributed by atoms with Crippen molar-refractivity contribution >= 4 is 54.4 Å². The highest BCUT2D eigenvalue weighted by molar-refractivity contribution is 9.10. The van der Waals surface area contributed by atoms with E-state index < -0.39 is 21.9 Å². The summed E-state index contributed by atoms with van der Waals surface area (Å²) in [6.45, 7) is 3.85. The van der Waals surface area contributed by atoms with Gasteiger partial charge in [0.25, 0.3) is 5.91 Å². The molecule has 0 radical (unpaired) electrons. The molecule has 1 aromatic heterocycles. The van der Waals surface area contributed by atoms with Crippen LogP contribution in [0.25, 0.3) is 16.6 Å². The van der Waals surface area contributed by atoms with Crippen LogP contribution in [0.2, 0.25) is 0 Å². The molecule has 11 heteroatoms. The van der Waals surface area contributed by atoms with Gasteiger partial charge >= 0.3 is 5.97 Å². The van der Waals surface area contributed by atoms with E-state index in [-0.39, 0.29) is 30.7 Å². The predicted molar refractivity (Wildman–Crippen MR) is 152 cm³/mol. The summed E-state index contributed by atoms with van der Waals surface area (Å²) >= 11 is 3.43. The predicted octanol–water partition coefficient (Wildman–Crippen LogP) is 4.93. The Hall–Kier alpha value is -2.92. The number of rotatable bonds is 11. The molecular weight excluding hydrogens is 572 g/mol. The number of anilines is 1. The fraction of sp³-hybridized carbons (Fsp3) is 0.444. The van der Waals surface area contributed by atoms with Crippen LogP contribution in [0.15, 0.2) is 40.9 Å². The minimum atomic E-state index is -3.73. The molecule has 1 fully saturated rings. The quantitative estimate of drug-likeness (QED) is 0.320. The third kappa shape index (κ3) is 5.73. The molecule has 0 saturated heterocycles. The third-order valence-electron chi connectivity index (χ3n) is 7.31. The lowest BCUT2D eigenvalue weighted by molar-refractivity contribution is -0.143. The largest absolute Gasteiger partial charge is 0.481 e. The van der Waals surface area contributed by atoms with Crippen molar-refractivity contribution in [1.29, 1.82) is 0 Å². The molecule has 0 aliphatic heterocycles. The molecule has 1 aliphatic rings. The molecule has 2 aromatic carbocycles. The Labute approximate surface area is 231 Å². The molecule has 204 valence electrons. The van der Waals surface area contributed by atoms with Crippen LogP contribution in [0.3, 0.4) is 0 Å². The van der Waals surface area contributed by atoms with Crippen LogP contribution < -0.4 is 9.62 Å². The number of carbonyl (C=O) groups is 2. The lowest BCUT2D eigenvalue weighted by Crippen LogP contribution is -2.35. The van der Waals surface area contributed by atoms with Crippen molar-refractivity contribution in [2.45, 2.75) is 45.4 Å². The number of hydrogen-bond acceptors (Lipinski definition) is 5. The summed E-state index contributed by atoms with van der Waals surface area (Å²) in [5, 5.41) is 17.8. The second-order valence-electron chi connectivity index (χ2n) is 9.97. The van der Waals surface area contributed by atoms with Gasteiger partial charge in [-0.3, -0.25) is 13.9 Å². The smallest absolute Gasteiger partial charge is 0.306 e. The summed E-state index contributed by atoms with van der Waals surface area (Å²) < 4.78 is 29.9. The maximum absolute atomic E-state index is 13.0. The van der Waals surface area contributed by atoms with Gasteiger partial charge in [0.2, 0.25) is 10.0 Å². The molecule has 2 unspecified atom stereocenters. The SMILES string of the molecule is CCC(C)C(CCN(c1cc2nn(-c3ccc(Br)cc3)c(C(=O)NC)c2cc1C1CC1)S(C)(=O)=O)C(=O)O. The van der Waals surface area contributed by atoms with Crippen molar-refractivity contribution in [2.75, 3.05) is 24.2 Å². The van der Waals surface area contributed by atoms with E-state index in [1.54, 1.807) is 17.8 Å². The number of nitrogens with zero attached hydrogens (tertiary/aromatic N) is 3. The number of carbonyl (C=O) groups excluding carboxylic acids is 1. The Morgan fingerprint density at radius 2 is 1.89 bits per heavy atom. The number of aliphatic carboxylic acids is 1. The number of hydrogen-bond donors (Lipinski definition) is 2. The van der Waals surface area contributed by atoms with Crippen LogP contribution >= 0.6 is 15.9 Å². The molecule has 2 N–H and O–H groups in total. The number of fused-ring (bicyclic) bond motifs is 1. The molecule has 2 atom stereocenters. The first-order valence-corrected chi connectivity index (χ1v) is 15.4. The second-order valence-corrected chi connectivity index (χ2v) is 12.8. The minimum absolute atomic E-state index is 0.0427. The molecule has 0 bridgehead atoms. The molecule has 1 saturated carbocycles. The molecule has 0 spiro atoms. The fourth-order valence-corrected chi connectivity index (χ4v) is 6.06. The average molecular weight is 606 g/mol. The van der Waals surface area contributed by atoms with Crippen molar-refractivity contribution < 1.29 is 23.1 Å². The highest BCUT2D eigenvalue weighted by Gasteiger charge is 2.34. The molecule has 9 nitrogen and oxygen atoms in total. The Morgan fingerprint density at radius 1 is 1.24 bits per heavy atom. The zero-order valence-corrected chi connectivity index (χ0v) is 24.3. The van der Waals surface area contributed by atoms with Gasteiger partial charge in [-0.15, -0.1) is 0 Å². The van der Waals surface area contributed by atoms with Crippen LogP contribution in [0, 0.1) is 11.8 Å². The number of sulfonamides is 1. The maximum atomic E-state index is 13.0. The average Bonchev–Trinajstić information content (AvgIpc) is 3.65. The first kappa shape index (κ1) is 28.1. The first-order valence-electron chi connectivity index (χ1n) is 12.7. The summed E-state index contributed by atoms with van der Waals surface area (Å²) in [4.78, 5) is 24.9. The van der Waals surface area contributed by atoms with E-state index in [0.29, 0.717) is 34.4 Å². The second kappa shape index (κ2) is 11.1. The summed E-state index contributed by atoms with van der Waals surface area (Å²) in [7, 11) is -2.17. The molecule has 1 heterocycles. The maximum Gasteiger partial charge on any atom is 0.306 e. The molecule has 3 aromatic rings.